The van der Waals surface area contributed by atoms with E-state index in [0.717, 1.165) is 22.0 Å². The first-order valence-corrected chi connectivity index (χ1v) is 7.18. The molecule has 0 radical (unpaired) electrons. The van der Waals surface area contributed by atoms with E-state index in [1.807, 2.05) is 13.1 Å². The van der Waals surface area contributed by atoms with Crippen LogP contribution < -0.4 is 10.2 Å². The van der Waals surface area contributed by atoms with E-state index in [2.05, 4.69) is 67.5 Å². The second-order valence-electron chi connectivity index (χ2n) is 5.11. The number of aryl methyl sites for hydroxylation is 1. The minimum atomic E-state index is 0.251. The Morgan fingerprint density at radius 1 is 1.10 bits per heavy atom. The Morgan fingerprint density at radius 2 is 1.80 bits per heavy atom. The molecule has 0 saturated heterocycles. The molecule has 0 aliphatic rings. The van der Waals surface area contributed by atoms with Crippen LogP contribution in [-0.2, 0) is 0 Å². The van der Waals surface area contributed by atoms with Crippen LogP contribution in [0.25, 0.3) is 0 Å². The van der Waals surface area contributed by atoms with Crippen LogP contribution in [0.1, 0.15) is 24.1 Å². The highest BCUT2D eigenvalue weighted by Gasteiger charge is 2.10. The maximum atomic E-state index is 6.40. The van der Waals surface area contributed by atoms with Crippen molar-refractivity contribution in [1.82, 2.24) is 5.32 Å². The quantitative estimate of drug-likeness (QED) is 0.877. The third-order valence-corrected chi connectivity index (χ3v) is 3.99. The summed E-state index contributed by atoms with van der Waals surface area (Å²) in [6.07, 6.45) is 0. The summed E-state index contributed by atoms with van der Waals surface area (Å²) in [5.74, 6) is 0. The van der Waals surface area contributed by atoms with E-state index in [0.29, 0.717) is 0 Å². The fourth-order valence-electron chi connectivity index (χ4n) is 2.22. The van der Waals surface area contributed by atoms with Crippen molar-refractivity contribution >= 4 is 23.0 Å². The molecular formula is C17H21ClN2. The molecule has 1 unspecified atom stereocenters. The minimum absolute atomic E-state index is 0.251. The molecule has 2 nitrogen and oxygen atoms in total. The number of nitrogens with one attached hydrogen (secondary N) is 1. The maximum Gasteiger partial charge on any atom is 0.0474 e. The number of nitrogens with zero attached hydrogens (tertiary/aromatic N) is 1. The van der Waals surface area contributed by atoms with E-state index in [4.69, 9.17) is 11.6 Å². The van der Waals surface area contributed by atoms with Crippen LogP contribution in [0.3, 0.4) is 0 Å². The molecule has 106 valence electrons. The zero-order chi connectivity index (χ0) is 14.7. The van der Waals surface area contributed by atoms with Crippen LogP contribution in [0.15, 0.2) is 42.5 Å². The largest absolute Gasteiger partial charge is 0.345 e. The standard InChI is InChI=1S/C17H21ClN2/c1-12-6-5-7-14(10-12)20(4)15-8-9-16(13(2)19-3)17(18)11-15/h5-11,13,19H,1-4H3. The molecule has 0 heterocycles. The number of rotatable bonds is 4. The summed E-state index contributed by atoms with van der Waals surface area (Å²) in [6, 6.07) is 14.9. The normalized spacial score (nSPS) is 12.2. The van der Waals surface area contributed by atoms with Gasteiger partial charge in [0.15, 0.2) is 0 Å². The van der Waals surface area contributed by atoms with Crippen molar-refractivity contribution in [2.24, 2.45) is 0 Å². The lowest BCUT2D eigenvalue weighted by molar-refractivity contribution is 0.652. The van der Waals surface area contributed by atoms with Gasteiger partial charge in [0, 0.05) is 29.5 Å². The van der Waals surface area contributed by atoms with Crippen molar-refractivity contribution in [3.8, 4) is 0 Å². The molecule has 20 heavy (non-hydrogen) atoms. The lowest BCUT2D eigenvalue weighted by Gasteiger charge is -2.22. The summed E-state index contributed by atoms with van der Waals surface area (Å²) >= 11 is 6.40. The van der Waals surface area contributed by atoms with Crippen LogP contribution in [0.2, 0.25) is 5.02 Å². The zero-order valence-electron chi connectivity index (χ0n) is 12.4. The van der Waals surface area contributed by atoms with Crippen molar-refractivity contribution < 1.29 is 0 Å². The highest BCUT2D eigenvalue weighted by atomic mass is 35.5. The lowest BCUT2D eigenvalue weighted by Crippen LogP contribution is -2.14. The summed E-state index contributed by atoms with van der Waals surface area (Å²) in [5, 5.41) is 4.01. The Hall–Kier alpha value is -1.51. The van der Waals surface area contributed by atoms with Gasteiger partial charge in [-0.3, -0.25) is 0 Å². The first kappa shape index (κ1) is 14.9. The fourth-order valence-corrected chi connectivity index (χ4v) is 2.56. The summed E-state index contributed by atoms with van der Waals surface area (Å²) in [5.41, 5.74) is 4.62. The van der Waals surface area contributed by atoms with Crippen molar-refractivity contribution in [3.05, 3.63) is 58.6 Å². The minimum Gasteiger partial charge on any atom is -0.345 e. The van der Waals surface area contributed by atoms with Crippen LogP contribution >= 0.6 is 11.6 Å². The highest BCUT2D eigenvalue weighted by molar-refractivity contribution is 6.31. The molecule has 1 atom stereocenters. The van der Waals surface area contributed by atoms with Crippen molar-refractivity contribution in [2.75, 3.05) is 19.0 Å². The number of halogens is 1. The summed E-state index contributed by atoms with van der Waals surface area (Å²) in [6.45, 7) is 4.20. The van der Waals surface area contributed by atoms with Gasteiger partial charge in [-0.15, -0.1) is 0 Å². The molecule has 0 fully saturated rings. The number of hydrogen-bond donors (Lipinski definition) is 1. The van der Waals surface area contributed by atoms with Crippen LogP contribution in [0.5, 0.6) is 0 Å². The summed E-state index contributed by atoms with van der Waals surface area (Å²) in [7, 11) is 4.00. The molecule has 1 N–H and O–H groups in total. The summed E-state index contributed by atoms with van der Waals surface area (Å²) < 4.78 is 0. The number of benzene rings is 2. The smallest absolute Gasteiger partial charge is 0.0474 e. The predicted molar refractivity (Wildman–Crippen MR) is 88.2 cm³/mol. The van der Waals surface area contributed by atoms with Crippen LogP contribution in [-0.4, -0.2) is 14.1 Å². The summed E-state index contributed by atoms with van der Waals surface area (Å²) in [4.78, 5) is 2.15. The molecule has 3 heteroatoms. The Balaban J connectivity index is 2.32. The Kier molecular flexibility index (Phi) is 4.69. The maximum absolute atomic E-state index is 6.40. The highest BCUT2D eigenvalue weighted by Crippen LogP contribution is 2.30. The molecule has 0 aromatic heterocycles. The molecule has 2 aromatic rings. The van der Waals surface area contributed by atoms with Crippen molar-refractivity contribution in [3.63, 3.8) is 0 Å². The number of anilines is 2. The van der Waals surface area contributed by atoms with Gasteiger partial charge >= 0.3 is 0 Å². The second kappa shape index (κ2) is 6.29. The average molecular weight is 289 g/mol. The molecule has 0 bridgehead atoms. The molecule has 0 spiro atoms. The topological polar surface area (TPSA) is 15.3 Å². The van der Waals surface area contributed by atoms with Crippen LogP contribution in [0, 0.1) is 6.92 Å². The average Bonchev–Trinajstić information content (AvgIpc) is 2.45. The molecule has 0 amide bonds. The van der Waals surface area contributed by atoms with Gasteiger partial charge in [-0.1, -0.05) is 29.8 Å². The Bertz CT molecular complexity index is 595. The van der Waals surface area contributed by atoms with Gasteiger partial charge in [-0.2, -0.15) is 0 Å². The molecule has 0 saturated carbocycles. The molecule has 0 aliphatic heterocycles. The third kappa shape index (κ3) is 3.14. The Morgan fingerprint density at radius 3 is 2.40 bits per heavy atom. The first-order chi connectivity index (χ1) is 9.52. The fraction of sp³-hybridized carbons (Fsp3) is 0.294. The zero-order valence-corrected chi connectivity index (χ0v) is 13.2. The molecule has 2 aromatic carbocycles. The first-order valence-electron chi connectivity index (χ1n) is 6.80. The van der Waals surface area contributed by atoms with Gasteiger partial charge in [0.25, 0.3) is 0 Å². The Labute approximate surface area is 126 Å². The van der Waals surface area contributed by atoms with Gasteiger partial charge in [-0.05, 0) is 56.3 Å². The SMILES string of the molecule is CNC(C)c1ccc(N(C)c2cccc(C)c2)cc1Cl. The van der Waals surface area contributed by atoms with E-state index in [9.17, 15) is 0 Å². The van der Waals surface area contributed by atoms with Crippen LogP contribution in [0.4, 0.5) is 11.4 Å². The lowest BCUT2D eigenvalue weighted by atomic mass is 10.1. The van der Waals surface area contributed by atoms with Gasteiger partial charge in [0.05, 0.1) is 0 Å². The van der Waals surface area contributed by atoms with E-state index < -0.39 is 0 Å². The van der Waals surface area contributed by atoms with E-state index in [1.165, 1.54) is 5.56 Å². The molecule has 0 aliphatic carbocycles. The van der Waals surface area contributed by atoms with Gasteiger partial charge in [0.2, 0.25) is 0 Å². The van der Waals surface area contributed by atoms with E-state index >= 15 is 0 Å². The molecule has 2 rings (SSSR count). The second-order valence-corrected chi connectivity index (χ2v) is 5.52. The predicted octanol–water partition coefficient (Wildman–Crippen LogP) is 4.70. The van der Waals surface area contributed by atoms with Gasteiger partial charge in [-0.25, -0.2) is 0 Å². The monoisotopic (exact) mass is 288 g/mol. The van der Waals surface area contributed by atoms with E-state index in [-0.39, 0.29) is 6.04 Å². The van der Waals surface area contributed by atoms with Gasteiger partial charge < -0.3 is 10.2 Å². The van der Waals surface area contributed by atoms with Crippen molar-refractivity contribution in [2.45, 2.75) is 19.9 Å². The van der Waals surface area contributed by atoms with Gasteiger partial charge in [0.1, 0.15) is 0 Å². The molecular weight excluding hydrogens is 268 g/mol. The van der Waals surface area contributed by atoms with E-state index in [1.54, 1.807) is 0 Å². The third-order valence-electron chi connectivity index (χ3n) is 3.66. The number of hydrogen-bond acceptors (Lipinski definition) is 2. The van der Waals surface area contributed by atoms with Crippen molar-refractivity contribution in [1.29, 1.82) is 0 Å².